The normalized spacial score (nSPS) is 51.8. The molecule has 22 heavy (non-hydrogen) atoms. The average Bonchev–Trinajstić information content (AvgIpc) is 2.38. The predicted molar refractivity (Wildman–Crippen MR) is 109 cm³/mol. The van der Waals surface area contributed by atoms with E-state index in [9.17, 15) is 0 Å². The molecule has 4 fully saturated rings. The Bertz CT molecular complexity index is 415. The summed E-state index contributed by atoms with van der Waals surface area (Å²) in [5, 5.41) is 0. The quantitative estimate of drug-likeness (QED) is 0.529. The molecule has 0 radical (unpaired) electrons. The van der Waals surface area contributed by atoms with E-state index in [2.05, 4.69) is 74.7 Å². The first-order chi connectivity index (χ1) is 10.3. The van der Waals surface area contributed by atoms with Crippen molar-refractivity contribution in [2.24, 2.45) is 21.7 Å². The Kier molecular flexibility index (Phi) is 4.01. The van der Waals surface area contributed by atoms with E-state index < -0.39 is 0 Å². The number of thioether (sulfide) groups is 4. The molecule has 0 saturated carbocycles. The summed E-state index contributed by atoms with van der Waals surface area (Å²) in [6.07, 6.45) is 0. The smallest absolute Gasteiger partial charge is 0.00739 e. The van der Waals surface area contributed by atoms with Crippen LogP contribution in [0, 0.1) is 21.7 Å². The fraction of sp³-hybridized carbons (Fsp3) is 0.889. The number of allylic oxidation sites excluding steroid dienone is 2. The van der Waals surface area contributed by atoms with Crippen LogP contribution in [0.4, 0.5) is 0 Å². The minimum atomic E-state index is 0.447. The second kappa shape index (κ2) is 5.32. The topological polar surface area (TPSA) is 0 Å². The summed E-state index contributed by atoms with van der Waals surface area (Å²) in [6, 6.07) is 0. The lowest BCUT2D eigenvalue weighted by Gasteiger charge is -2.60. The molecule has 4 aliphatic rings. The van der Waals surface area contributed by atoms with E-state index in [1.165, 1.54) is 46.0 Å². The van der Waals surface area contributed by atoms with Crippen molar-refractivity contribution in [1.82, 2.24) is 0 Å². The maximum absolute atomic E-state index is 2.59. The molecule has 0 aliphatic carbocycles. The van der Waals surface area contributed by atoms with Gasteiger partial charge in [0.15, 0.2) is 0 Å². The third-order valence-electron chi connectivity index (χ3n) is 6.03. The first kappa shape index (κ1) is 16.6. The van der Waals surface area contributed by atoms with Gasteiger partial charge in [0.05, 0.1) is 0 Å². The van der Waals surface area contributed by atoms with Crippen LogP contribution in [0.15, 0.2) is 11.1 Å². The zero-order valence-corrected chi connectivity index (χ0v) is 17.6. The van der Waals surface area contributed by atoms with Crippen LogP contribution in [-0.4, -0.2) is 46.0 Å². The van der Waals surface area contributed by atoms with E-state index in [4.69, 9.17) is 0 Å². The predicted octanol–water partition coefficient (Wildman–Crippen LogP) is 5.30. The van der Waals surface area contributed by atoms with Crippen LogP contribution in [0.25, 0.3) is 0 Å². The van der Waals surface area contributed by atoms with Crippen molar-refractivity contribution in [2.45, 2.75) is 27.7 Å². The van der Waals surface area contributed by atoms with Gasteiger partial charge in [-0.05, 0) is 0 Å². The fourth-order valence-corrected chi connectivity index (χ4v) is 11.9. The van der Waals surface area contributed by atoms with Crippen LogP contribution in [0.3, 0.4) is 0 Å². The van der Waals surface area contributed by atoms with E-state index in [0.29, 0.717) is 21.7 Å². The minimum absolute atomic E-state index is 0.447. The maximum Gasteiger partial charge on any atom is 0.00739 e. The lowest BCUT2D eigenvalue weighted by Crippen LogP contribution is -2.54. The molecular formula is C18H28S4. The van der Waals surface area contributed by atoms with Gasteiger partial charge in [-0.3, -0.25) is 0 Å². The summed E-state index contributed by atoms with van der Waals surface area (Å²) in [5.74, 6) is 10.8. The first-order valence-electron chi connectivity index (χ1n) is 8.39. The Morgan fingerprint density at radius 1 is 0.455 bits per heavy atom. The van der Waals surface area contributed by atoms with Crippen molar-refractivity contribution in [3.05, 3.63) is 11.1 Å². The molecule has 4 rings (SSSR count). The van der Waals surface area contributed by atoms with Gasteiger partial charge in [-0.25, -0.2) is 0 Å². The Morgan fingerprint density at radius 3 is 0.818 bits per heavy atom. The van der Waals surface area contributed by atoms with Crippen LogP contribution >= 0.6 is 47.0 Å². The van der Waals surface area contributed by atoms with Crippen LogP contribution in [0.5, 0.6) is 0 Å². The zero-order valence-electron chi connectivity index (χ0n) is 14.3. The molecule has 4 saturated heterocycles. The molecule has 0 aromatic rings. The molecule has 4 heterocycles. The second-order valence-electron chi connectivity index (χ2n) is 8.96. The van der Waals surface area contributed by atoms with Crippen LogP contribution < -0.4 is 0 Å². The van der Waals surface area contributed by atoms with Crippen LogP contribution in [0.2, 0.25) is 0 Å². The summed E-state index contributed by atoms with van der Waals surface area (Å²) in [4.78, 5) is 0. The number of rotatable bonds is 0. The molecule has 124 valence electrons. The summed E-state index contributed by atoms with van der Waals surface area (Å²) in [7, 11) is 0. The fourth-order valence-electron chi connectivity index (χ4n) is 5.41. The molecule has 0 amide bonds. The molecule has 0 nitrogen and oxygen atoms in total. The monoisotopic (exact) mass is 372 g/mol. The largest absolute Gasteiger partial charge is 0.160 e. The lowest BCUT2D eigenvalue weighted by molar-refractivity contribution is 0.283. The highest BCUT2D eigenvalue weighted by molar-refractivity contribution is 8.01. The van der Waals surface area contributed by atoms with Gasteiger partial charge >= 0.3 is 0 Å². The van der Waals surface area contributed by atoms with Gasteiger partial charge in [-0.1, -0.05) is 38.8 Å². The molecule has 0 spiro atoms. The van der Waals surface area contributed by atoms with Crippen molar-refractivity contribution in [1.29, 1.82) is 0 Å². The summed E-state index contributed by atoms with van der Waals surface area (Å²) in [6.45, 7) is 10.3. The minimum Gasteiger partial charge on any atom is -0.160 e. The Morgan fingerprint density at radius 2 is 0.636 bits per heavy atom. The number of fused-ring (bicyclic) bond motifs is 4. The molecular weight excluding hydrogens is 344 g/mol. The zero-order chi connectivity index (χ0) is 15.6. The van der Waals surface area contributed by atoms with Gasteiger partial charge in [0.25, 0.3) is 0 Å². The standard InChI is InChI=1S/C18H28S4/c1-15-5-19-7-16(2,8-20-6-15)13(15)14-17(3)9-21-11-18(14,4)12-22-10-17/h5-12H2,1-4H3. The van der Waals surface area contributed by atoms with Crippen molar-refractivity contribution in [3.63, 3.8) is 0 Å². The van der Waals surface area contributed by atoms with E-state index >= 15 is 0 Å². The van der Waals surface area contributed by atoms with E-state index in [1.54, 1.807) is 0 Å². The highest BCUT2D eigenvalue weighted by Gasteiger charge is 2.57. The lowest BCUT2D eigenvalue weighted by atomic mass is 9.58. The number of hydrogen-bond donors (Lipinski definition) is 0. The van der Waals surface area contributed by atoms with E-state index in [1.807, 2.05) is 11.1 Å². The maximum atomic E-state index is 2.59. The molecule has 4 aliphatic heterocycles. The van der Waals surface area contributed by atoms with Gasteiger partial charge in [0.1, 0.15) is 0 Å². The Hall–Kier alpha value is 1.14. The third-order valence-corrected chi connectivity index (χ3v) is 12.8. The second-order valence-corrected chi connectivity index (χ2v) is 12.9. The van der Waals surface area contributed by atoms with Crippen molar-refractivity contribution >= 4 is 47.0 Å². The molecule has 4 bridgehead atoms. The molecule has 0 aromatic heterocycles. The molecule has 0 atom stereocenters. The highest BCUT2D eigenvalue weighted by atomic mass is 32.2. The van der Waals surface area contributed by atoms with Gasteiger partial charge in [0.2, 0.25) is 0 Å². The van der Waals surface area contributed by atoms with Gasteiger partial charge in [0, 0.05) is 67.7 Å². The van der Waals surface area contributed by atoms with Crippen LogP contribution in [0.1, 0.15) is 27.7 Å². The average molecular weight is 373 g/mol. The van der Waals surface area contributed by atoms with Crippen LogP contribution in [-0.2, 0) is 0 Å². The van der Waals surface area contributed by atoms with Crippen molar-refractivity contribution in [2.75, 3.05) is 46.0 Å². The van der Waals surface area contributed by atoms with Crippen molar-refractivity contribution < 1.29 is 0 Å². The summed E-state index contributed by atoms with van der Waals surface area (Å²) < 4.78 is 0. The highest BCUT2D eigenvalue weighted by Crippen LogP contribution is 2.65. The Labute approximate surface area is 153 Å². The molecule has 4 heteroatoms. The van der Waals surface area contributed by atoms with Gasteiger partial charge in [-0.2, -0.15) is 47.0 Å². The van der Waals surface area contributed by atoms with E-state index in [-0.39, 0.29) is 0 Å². The van der Waals surface area contributed by atoms with Gasteiger partial charge in [-0.15, -0.1) is 0 Å². The SMILES string of the molecule is CC12CSCC(C)(CSC1)C2=C1C2(C)CSCC1(C)CSC2. The summed E-state index contributed by atoms with van der Waals surface area (Å²) >= 11 is 8.88. The summed E-state index contributed by atoms with van der Waals surface area (Å²) in [5.41, 5.74) is 5.65. The first-order valence-corrected chi connectivity index (χ1v) is 13.0. The molecule has 0 N–H and O–H groups in total. The third kappa shape index (κ3) is 2.29. The number of hydrogen-bond acceptors (Lipinski definition) is 4. The van der Waals surface area contributed by atoms with Gasteiger partial charge < -0.3 is 0 Å². The molecule has 0 unspecified atom stereocenters. The van der Waals surface area contributed by atoms with E-state index in [0.717, 1.165) is 0 Å². The van der Waals surface area contributed by atoms with Crippen molar-refractivity contribution in [3.8, 4) is 0 Å². The molecule has 0 aromatic carbocycles. The Balaban J connectivity index is 1.97.